The van der Waals surface area contributed by atoms with E-state index in [1.165, 1.54) is 174 Å². The Balaban J connectivity index is 0.000000227. The van der Waals surface area contributed by atoms with E-state index >= 15 is 0 Å². The maximum absolute atomic E-state index is 10.6. The van der Waals surface area contributed by atoms with Crippen molar-refractivity contribution in [1.29, 1.82) is 0 Å². The molecule has 8 heterocycles. The molecule has 0 saturated carbocycles. The zero-order chi connectivity index (χ0) is 95.7. The van der Waals surface area contributed by atoms with E-state index in [4.69, 9.17) is 14.2 Å². The molecule has 8 aliphatic heterocycles. The van der Waals surface area contributed by atoms with Gasteiger partial charge in [0.15, 0.2) is 0 Å². The quantitative estimate of drug-likeness (QED) is 0.0184. The molecule has 0 radical (unpaired) electrons. The number of phenols is 8. The Hall–Kier alpha value is -9.32. The Morgan fingerprint density at radius 2 is 0.291 bits per heavy atom. The van der Waals surface area contributed by atoms with Crippen molar-refractivity contribution in [2.75, 3.05) is 144 Å². The van der Waals surface area contributed by atoms with Crippen LogP contribution in [0.1, 0.15) is 329 Å². The fraction of sp³-hybridized carbons (Fsp3) is 0.541. The van der Waals surface area contributed by atoms with Gasteiger partial charge in [-0.1, -0.05) is 173 Å². The van der Waals surface area contributed by atoms with Crippen LogP contribution in [0.4, 0.5) is 0 Å². The molecule has 776 valence electrons. The van der Waals surface area contributed by atoms with E-state index in [0.717, 1.165) is 304 Å². The fourth-order valence-corrected chi connectivity index (χ4v) is 21.7. The SMILES string of the molecule is C.C.C.C.C.CC/C(=C(/CC)c1ccc(O)c(CN2CCCCC2)c1)c1ccc(O)c(CN2CCCCC2)c1.CC/C(=C(/CC)c1ccc(O)c(CN2CCOCC2)c1)c1ccc(O)c(CN2CCCCC2)c1.CC/C(=C(\CC)c1ccc(O)c(CN2CCCCC2)c1)c1ccc(O)c(CN2CCCCC2)c1.CC/C(=C(\CC)c1ccc(O)c(CN2CCOCC2)c1)c1ccc(O)c(CN2CCOCC2)c1. The first kappa shape index (κ1) is 117. The molecule has 0 bridgehead atoms. The second kappa shape index (κ2) is 60.4. The summed E-state index contributed by atoms with van der Waals surface area (Å²) in [7, 11) is 0. The number of ether oxygens (including phenoxy) is 3. The summed E-state index contributed by atoms with van der Waals surface area (Å²) in [4.78, 5) is 19.3. The largest absolute Gasteiger partial charge is 0.508 e. The Labute approximate surface area is 851 Å². The molecule has 16 rings (SSSR count). The molecule has 19 nitrogen and oxygen atoms in total. The van der Waals surface area contributed by atoms with E-state index in [0.29, 0.717) is 46.0 Å². The number of allylic oxidation sites excluding steroid dienone is 8. The molecule has 8 saturated heterocycles. The Kier molecular flexibility index (Phi) is 50.1. The number of nitrogens with zero attached hydrogens (tertiary/aromatic N) is 8. The minimum atomic E-state index is 0. The first-order valence-electron chi connectivity index (χ1n) is 52.3. The standard InChI is InChI=1S/2C30H42N2O2.C29H40N2O3.C28H38N2O4.5CH4/c2*1-3-27(23-11-13-29(33)25(19-23)21-31-15-7-5-8-16-31)28(4-2)24-12-14-30(34)26(20-24)22-32-17-9-6-10-18-32;1-3-26(22-8-10-28(32)24(18-22)20-30-12-6-5-7-13-30)27(4-2)23-9-11-29(33)25(19-23)21-31-14-16-34-17-15-31;1-3-25(21-5-7-27(31)23(17-21)19-29-9-13-33-14-10-29)26(4-2)22-6-8-28(32)24(18-22)20-30-11-15-34-16-12-30;;;;;/h2*11-14,19-20,33-34H,3-10,15-18,21-22H2,1-2H3;8-11,18-19,32-33H,3-7,12-17,20-21H2,1-2H3;5-8,17-18,31-32H,3-4,9-16,19-20H2,1-2H3;5*1H4/b28-27+;28-27-;27-26+;26-25-;;;;;. The summed E-state index contributed by atoms with van der Waals surface area (Å²) >= 11 is 0. The normalized spacial score (nSPS) is 18.0. The highest BCUT2D eigenvalue weighted by molar-refractivity contribution is 5.94. The molecule has 141 heavy (non-hydrogen) atoms. The molecular formula is C122H182N8O11. The van der Waals surface area contributed by atoms with Gasteiger partial charge >= 0.3 is 0 Å². The maximum Gasteiger partial charge on any atom is 0.120 e. The zero-order valence-corrected chi connectivity index (χ0v) is 83.7. The van der Waals surface area contributed by atoms with Crippen molar-refractivity contribution >= 4 is 44.6 Å². The van der Waals surface area contributed by atoms with Crippen LogP contribution in [0.25, 0.3) is 44.6 Å². The number of rotatable bonds is 32. The molecular weight excluding hydrogens is 1750 g/mol. The van der Waals surface area contributed by atoms with Gasteiger partial charge in [-0.3, -0.25) is 39.2 Å². The van der Waals surface area contributed by atoms with Gasteiger partial charge in [-0.15, -0.1) is 0 Å². The molecule has 0 amide bonds. The van der Waals surface area contributed by atoms with Crippen molar-refractivity contribution in [3.63, 3.8) is 0 Å². The zero-order valence-electron chi connectivity index (χ0n) is 83.7. The van der Waals surface area contributed by atoms with Crippen LogP contribution < -0.4 is 0 Å². The summed E-state index contributed by atoms with van der Waals surface area (Å²) in [6.07, 6.45) is 26.4. The minimum absolute atomic E-state index is 0. The van der Waals surface area contributed by atoms with Crippen molar-refractivity contribution in [3.8, 4) is 46.0 Å². The molecule has 0 atom stereocenters. The predicted octanol–water partition coefficient (Wildman–Crippen LogP) is 26.9. The summed E-state index contributed by atoms with van der Waals surface area (Å²) in [5.74, 6) is 3.04. The van der Waals surface area contributed by atoms with E-state index in [-0.39, 0.29) is 37.1 Å². The molecule has 0 unspecified atom stereocenters. The van der Waals surface area contributed by atoms with Crippen LogP contribution in [0.15, 0.2) is 146 Å². The molecule has 8 N–H and O–H groups in total. The third kappa shape index (κ3) is 33.4. The highest BCUT2D eigenvalue weighted by atomic mass is 16.5. The first-order chi connectivity index (χ1) is 66.3. The summed E-state index contributed by atoms with van der Waals surface area (Å²) in [6, 6.07) is 48.7. The van der Waals surface area contributed by atoms with Crippen molar-refractivity contribution in [2.45, 2.75) is 293 Å². The number of likely N-dealkylation sites (tertiary alicyclic amines) is 5. The van der Waals surface area contributed by atoms with Crippen LogP contribution in [0.5, 0.6) is 46.0 Å². The van der Waals surface area contributed by atoms with Crippen LogP contribution in [0.3, 0.4) is 0 Å². The van der Waals surface area contributed by atoms with Gasteiger partial charge in [0, 0.05) is 136 Å². The number of piperidine rings is 5. The number of morpholine rings is 3. The third-order valence-electron chi connectivity index (χ3n) is 29.4. The lowest BCUT2D eigenvalue weighted by Gasteiger charge is -2.27. The van der Waals surface area contributed by atoms with E-state index in [2.05, 4.69) is 173 Å². The summed E-state index contributed by atoms with van der Waals surface area (Å²) in [5.41, 5.74) is 28.0. The van der Waals surface area contributed by atoms with Gasteiger partial charge in [0.2, 0.25) is 0 Å². The van der Waals surface area contributed by atoms with E-state index in [9.17, 15) is 40.9 Å². The average molecular weight is 1940 g/mol. The van der Waals surface area contributed by atoms with Crippen LogP contribution in [0, 0.1) is 0 Å². The summed E-state index contributed by atoms with van der Waals surface area (Å²) in [5, 5.41) is 84.5. The second-order valence-electron chi connectivity index (χ2n) is 38.8. The molecule has 8 aromatic carbocycles. The number of hydrogen-bond acceptors (Lipinski definition) is 19. The van der Waals surface area contributed by atoms with Crippen LogP contribution >= 0.6 is 0 Å². The predicted molar refractivity (Wildman–Crippen MR) is 592 cm³/mol. The lowest BCUT2D eigenvalue weighted by Crippen LogP contribution is -2.35. The van der Waals surface area contributed by atoms with Gasteiger partial charge in [0.1, 0.15) is 46.0 Å². The highest BCUT2D eigenvalue weighted by Gasteiger charge is 2.27. The van der Waals surface area contributed by atoms with Gasteiger partial charge in [-0.2, -0.15) is 0 Å². The van der Waals surface area contributed by atoms with E-state index in [1.807, 2.05) is 66.7 Å². The van der Waals surface area contributed by atoms with Gasteiger partial charge in [-0.25, -0.2) is 0 Å². The second-order valence-corrected chi connectivity index (χ2v) is 38.8. The lowest BCUT2D eigenvalue weighted by atomic mass is 9.89. The smallest absolute Gasteiger partial charge is 0.120 e. The van der Waals surface area contributed by atoms with Crippen LogP contribution in [-0.2, 0) is 66.6 Å². The average Bonchev–Trinajstić information content (AvgIpc) is 0.812. The summed E-state index contributed by atoms with van der Waals surface area (Å²) in [6.45, 7) is 44.9. The van der Waals surface area contributed by atoms with Gasteiger partial charge in [-0.05, 0) is 367 Å². The molecule has 0 aromatic heterocycles. The summed E-state index contributed by atoms with van der Waals surface area (Å²) < 4.78 is 16.4. The monoisotopic (exact) mass is 1940 g/mol. The third-order valence-corrected chi connectivity index (χ3v) is 29.4. The number of phenolic OH excluding ortho intramolecular Hbond substituents is 8. The van der Waals surface area contributed by atoms with Gasteiger partial charge in [0.05, 0.1) is 39.6 Å². The fourth-order valence-electron chi connectivity index (χ4n) is 21.7. The lowest BCUT2D eigenvalue weighted by molar-refractivity contribution is 0.0338. The minimum Gasteiger partial charge on any atom is -0.508 e. The highest BCUT2D eigenvalue weighted by Crippen LogP contribution is 2.43. The van der Waals surface area contributed by atoms with Crippen molar-refractivity contribution in [3.05, 3.63) is 235 Å². The first-order valence-corrected chi connectivity index (χ1v) is 52.3. The van der Waals surface area contributed by atoms with Gasteiger partial charge < -0.3 is 55.1 Å². The van der Waals surface area contributed by atoms with Crippen molar-refractivity contribution in [2.24, 2.45) is 0 Å². The molecule has 8 fully saturated rings. The number of hydrogen-bond donors (Lipinski definition) is 8. The van der Waals surface area contributed by atoms with Crippen molar-refractivity contribution in [1.82, 2.24) is 39.2 Å². The van der Waals surface area contributed by atoms with Crippen molar-refractivity contribution < 1.29 is 55.1 Å². The Bertz CT molecular complexity index is 4280. The molecule has 0 spiro atoms. The van der Waals surface area contributed by atoms with E-state index in [1.54, 1.807) is 0 Å². The maximum atomic E-state index is 10.6. The van der Waals surface area contributed by atoms with E-state index < -0.39 is 0 Å². The molecule has 8 aromatic rings. The van der Waals surface area contributed by atoms with Crippen LogP contribution in [-0.4, -0.2) is 224 Å². The Morgan fingerprint density at radius 1 is 0.177 bits per heavy atom. The molecule has 8 aliphatic rings. The number of benzene rings is 8. The number of aromatic hydroxyl groups is 8. The van der Waals surface area contributed by atoms with Gasteiger partial charge in [0.25, 0.3) is 0 Å². The molecule has 0 aliphatic carbocycles. The Morgan fingerprint density at radius 3 is 0.404 bits per heavy atom. The molecule has 19 heteroatoms. The van der Waals surface area contributed by atoms with Crippen LogP contribution in [0.2, 0.25) is 0 Å². The topological polar surface area (TPSA) is 215 Å².